The van der Waals surface area contributed by atoms with Gasteiger partial charge < -0.3 is 4.74 Å². The van der Waals surface area contributed by atoms with Gasteiger partial charge in [-0.1, -0.05) is 28.8 Å². The lowest BCUT2D eigenvalue weighted by Crippen LogP contribution is -2.03. The van der Waals surface area contributed by atoms with E-state index in [4.69, 9.17) is 4.74 Å². The quantitative estimate of drug-likeness (QED) is 0.475. The minimum Gasteiger partial charge on any atom is -0.379 e. The molecular formula is C9H19BrO. The summed E-state index contributed by atoms with van der Waals surface area (Å²) in [5.41, 5.74) is 0. The Kier molecular flexibility index (Phi) is 8.88. The molecule has 0 atom stereocenters. The molecule has 0 radical (unpaired) electrons. The van der Waals surface area contributed by atoms with Crippen molar-refractivity contribution in [2.45, 2.75) is 45.6 Å². The summed E-state index contributed by atoms with van der Waals surface area (Å²) in [4.78, 5) is 0. The largest absolute Gasteiger partial charge is 0.379 e. The average Bonchev–Trinajstić information content (AvgIpc) is 1.96. The summed E-state index contributed by atoms with van der Waals surface area (Å²) in [6.45, 7) is 5.09. The first-order valence-electron chi connectivity index (χ1n) is 4.45. The Balaban J connectivity index is 2.80. The third-order valence-corrected chi connectivity index (χ3v) is 2.04. The summed E-state index contributed by atoms with van der Waals surface area (Å²) >= 11 is 3.41. The molecule has 0 fully saturated rings. The second-order valence-corrected chi connectivity index (χ2v) is 3.82. The van der Waals surface area contributed by atoms with Gasteiger partial charge in [-0.2, -0.15) is 0 Å². The van der Waals surface area contributed by atoms with Crippen LogP contribution in [-0.4, -0.2) is 18.0 Å². The van der Waals surface area contributed by atoms with Crippen molar-refractivity contribution in [3.63, 3.8) is 0 Å². The van der Waals surface area contributed by atoms with Crippen molar-refractivity contribution in [1.29, 1.82) is 0 Å². The minimum atomic E-state index is 0.395. The summed E-state index contributed by atoms with van der Waals surface area (Å²) in [5, 5.41) is 1.14. The van der Waals surface area contributed by atoms with Crippen LogP contribution in [0.4, 0.5) is 0 Å². The SMILES string of the molecule is CC(C)OCCCCCCBr. The van der Waals surface area contributed by atoms with Gasteiger partial charge in [0.25, 0.3) is 0 Å². The van der Waals surface area contributed by atoms with Crippen LogP contribution in [0.15, 0.2) is 0 Å². The number of hydrogen-bond donors (Lipinski definition) is 0. The van der Waals surface area contributed by atoms with Crippen molar-refractivity contribution in [2.75, 3.05) is 11.9 Å². The van der Waals surface area contributed by atoms with Crippen LogP contribution in [0.2, 0.25) is 0 Å². The number of unbranched alkanes of at least 4 members (excludes halogenated alkanes) is 3. The lowest BCUT2D eigenvalue weighted by atomic mass is 10.2. The molecule has 0 N–H and O–H groups in total. The van der Waals surface area contributed by atoms with Crippen LogP contribution < -0.4 is 0 Å². The summed E-state index contributed by atoms with van der Waals surface area (Å²) in [6, 6.07) is 0. The van der Waals surface area contributed by atoms with Gasteiger partial charge in [-0.3, -0.25) is 0 Å². The van der Waals surface area contributed by atoms with E-state index in [0.717, 1.165) is 11.9 Å². The molecule has 0 aromatic heterocycles. The monoisotopic (exact) mass is 222 g/mol. The standard InChI is InChI=1S/C9H19BrO/c1-9(2)11-8-6-4-3-5-7-10/h9H,3-8H2,1-2H3. The molecule has 0 spiro atoms. The highest BCUT2D eigenvalue weighted by Crippen LogP contribution is 2.02. The zero-order chi connectivity index (χ0) is 8.53. The Labute approximate surface area is 78.6 Å². The van der Waals surface area contributed by atoms with Gasteiger partial charge in [0.15, 0.2) is 0 Å². The first-order chi connectivity index (χ1) is 5.27. The number of alkyl halides is 1. The lowest BCUT2D eigenvalue weighted by molar-refractivity contribution is 0.0757. The van der Waals surface area contributed by atoms with Gasteiger partial charge in [0.05, 0.1) is 6.10 Å². The van der Waals surface area contributed by atoms with E-state index in [2.05, 4.69) is 29.8 Å². The fourth-order valence-electron chi connectivity index (χ4n) is 0.869. The van der Waals surface area contributed by atoms with E-state index < -0.39 is 0 Å². The van der Waals surface area contributed by atoms with Crippen LogP contribution in [0.25, 0.3) is 0 Å². The molecule has 0 amide bonds. The van der Waals surface area contributed by atoms with E-state index in [9.17, 15) is 0 Å². The predicted octanol–water partition coefficient (Wildman–Crippen LogP) is 3.37. The molecule has 0 heterocycles. The van der Waals surface area contributed by atoms with Crippen molar-refractivity contribution in [3.05, 3.63) is 0 Å². The van der Waals surface area contributed by atoms with Crippen molar-refractivity contribution < 1.29 is 4.74 Å². The van der Waals surface area contributed by atoms with Gasteiger partial charge in [0, 0.05) is 11.9 Å². The summed E-state index contributed by atoms with van der Waals surface area (Å²) in [5.74, 6) is 0. The van der Waals surface area contributed by atoms with Crippen LogP contribution in [0.3, 0.4) is 0 Å². The molecule has 0 saturated carbocycles. The van der Waals surface area contributed by atoms with Gasteiger partial charge in [0.1, 0.15) is 0 Å². The maximum Gasteiger partial charge on any atom is 0.0518 e. The number of hydrogen-bond acceptors (Lipinski definition) is 1. The molecule has 0 rings (SSSR count). The smallest absolute Gasteiger partial charge is 0.0518 e. The first kappa shape index (κ1) is 11.4. The van der Waals surface area contributed by atoms with Gasteiger partial charge in [-0.15, -0.1) is 0 Å². The third-order valence-electron chi connectivity index (χ3n) is 1.48. The maximum absolute atomic E-state index is 5.41. The van der Waals surface area contributed by atoms with E-state index >= 15 is 0 Å². The van der Waals surface area contributed by atoms with Crippen LogP contribution in [0.1, 0.15) is 39.5 Å². The molecule has 0 aliphatic carbocycles. The second kappa shape index (κ2) is 8.54. The number of ether oxygens (including phenoxy) is 1. The van der Waals surface area contributed by atoms with Gasteiger partial charge in [0.2, 0.25) is 0 Å². The Morgan fingerprint density at radius 2 is 1.73 bits per heavy atom. The van der Waals surface area contributed by atoms with Gasteiger partial charge in [-0.05, 0) is 26.7 Å². The average molecular weight is 223 g/mol. The third kappa shape index (κ3) is 10.4. The number of halogens is 1. The highest BCUT2D eigenvalue weighted by Gasteiger charge is 1.92. The molecule has 0 saturated heterocycles. The van der Waals surface area contributed by atoms with E-state index in [0.29, 0.717) is 6.10 Å². The first-order valence-corrected chi connectivity index (χ1v) is 5.57. The van der Waals surface area contributed by atoms with Crippen molar-refractivity contribution in [2.24, 2.45) is 0 Å². The molecule has 68 valence electrons. The molecule has 0 aromatic rings. The highest BCUT2D eigenvalue weighted by molar-refractivity contribution is 9.09. The van der Waals surface area contributed by atoms with E-state index in [1.165, 1.54) is 25.7 Å². The zero-order valence-corrected chi connectivity index (χ0v) is 9.19. The summed E-state index contributed by atoms with van der Waals surface area (Å²) in [6.07, 6.45) is 5.53. The normalized spacial score (nSPS) is 10.9. The zero-order valence-electron chi connectivity index (χ0n) is 7.61. The molecule has 11 heavy (non-hydrogen) atoms. The highest BCUT2D eigenvalue weighted by atomic mass is 79.9. The van der Waals surface area contributed by atoms with Crippen LogP contribution in [0.5, 0.6) is 0 Å². The number of rotatable bonds is 7. The summed E-state index contributed by atoms with van der Waals surface area (Å²) < 4.78 is 5.41. The predicted molar refractivity (Wildman–Crippen MR) is 53.4 cm³/mol. The van der Waals surface area contributed by atoms with E-state index in [1.54, 1.807) is 0 Å². The van der Waals surface area contributed by atoms with Crippen molar-refractivity contribution in [1.82, 2.24) is 0 Å². The fraction of sp³-hybridized carbons (Fsp3) is 1.00. The molecule has 0 aliphatic rings. The maximum atomic E-state index is 5.41. The topological polar surface area (TPSA) is 9.23 Å². The van der Waals surface area contributed by atoms with Crippen LogP contribution >= 0.6 is 15.9 Å². The Morgan fingerprint density at radius 3 is 2.27 bits per heavy atom. The molecule has 0 aromatic carbocycles. The van der Waals surface area contributed by atoms with Gasteiger partial charge in [-0.25, -0.2) is 0 Å². The van der Waals surface area contributed by atoms with Gasteiger partial charge >= 0.3 is 0 Å². The van der Waals surface area contributed by atoms with Crippen LogP contribution in [-0.2, 0) is 4.74 Å². The molecule has 2 heteroatoms. The Bertz CT molecular complexity index is 74.0. The Hall–Kier alpha value is 0.440. The molecule has 0 aliphatic heterocycles. The van der Waals surface area contributed by atoms with Crippen molar-refractivity contribution in [3.8, 4) is 0 Å². The lowest BCUT2D eigenvalue weighted by Gasteiger charge is -2.06. The molecule has 0 unspecified atom stereocenters. The van der Waals surface area contributed by atoms with Crippen LogP contribution in [0, 0.1) is 0 Å². The van der Waals surface area contributed by atoms with E-state index in [-0.39, 0.29) is 0 Å². The Morgan fingerprint density at radius 1 is 1.09 bits per heavy atom. The molecule has 0 bridgehead atoms. The van der Waals surface area contributed by atoms with Crippen molar-refractivity contribution >= 4 is 15.9 Å². The molecule has 1 nitrogen and oxygen atoms in total. The fourth-order valence-corrected chi connectivity index (χ4v) is 1.27. The van der Waals surface area contributed by atoms with E-state index in [1.807, 2.05) is 0 Å². The molecular weight excluding hydrogens is 204 g/mol. The summed E-state index contributed by atoms with van der Waals surface area (Å²) in [7, 11) is 0. The minimum absolute atomic E-state index is 0.395. The second-order valence-electron chi connectivity index (χ2n) is 3.02.